The Bertz CT molecular complexity index is 1140. The number of aryl methyl sites for hydroxylation is 1. The summed E-state index contributed by atoms with van der Waals surface area (Å²) in [6, 6.07) is 3.05. The average Bonchev–Trinajstić information content (AvgIpc) is 3.32. The van der Waals surface area contributed by atoms with Crippen LogP contribution in [0.3, 0.4) is 0 Å². The molecule has 3 aromatic heterocycles. The fourth-order valence-corrected chi connectivity index (χ4v) is 3.79. The summed E-state index contributed by atoms with van der Waals surface area (Å²) in [6.45, 7) is 5.96. The quantitative estimate of drug-likeness (QED) is 0.598. The van der Waals surface area contributed by atoms with E-state index in [0.717, 1.165) is 6.20 Å². The second kappa shape index (κ2) is 9.33. The van der Waals surface area contributed by atoms with E-state index in [1.165, 1.54) is 17.2 Å². The van der Waals surface area contributed by atoms with Crippen LogP contribution in [0.1, 0.15) is 35.7 Å². The number of alkyl halides is 3. The SMILES string of the molecule is Cc1ccc(-n2nccn2)c(C(=O)N2C[C@@H](C)O[C@@H](C)[C@H]2CNc2cnc(C(F)(F)F)cn2)n1. The first kappa shape index (κ1) is 23.5. The Morgan fingerprint density at radius 2 is 1.91 bits per heavy atom. The molecule has 0 aliphatic carbocycles. The van der Waals surface area contributed by atoms with E-state index in [0.29, 0.717) is 24.1 Å². The van der Waals surface area contributed by atoms with Crippen molar-refractivity contribution in [2.75, 3.05) is 18.4 Å². The monoisotopic (exact) mass is 476 g/mol. The van der Waals surface area contributed by atoms with Crippen LogP contribution in [-0.4, -0.2) is 72.1 Å². The van der Waals surface area contributed by atoms with Crippen molar-refractivity contribution in [3.05, 3.63) is 54.0 Å². The molecule has 0 spiro atoms. The molecule has 3 aromatic rings. The zero-order chi connectivity index (χ0) is 24.5. The smallest absolute Gasteiger partial charge is 0.372 e. The van der Waals surface area contributed by atoms with Crippen LogP contribution in [0.15, 0.2) is 36.9 Å². The van der Waals surface area contributed by atoms with Crippen molar-refractivity contribution in [2.24, 2.45) is 0 Å². The van der Waals surface area contributed by atoms with Crippen LogP contribution < -0.4 is 5.32 Å². The molecule has 180 valence electrons. The summed E-state index contributed by atoms with van der Waals surface area (Å²) < 4.78 is 44.2. The van der Waals surface area contributed by atoms with Gasteiger partial charge in [0.05, 0.1) is 43.0 Å². The maximum atomic E-state index is 13.7. The van der Waals surface area contributed by atoms with Crippen molar-refractivity contribution in [3.63, 3.8) is 0 Å². The number of halogens is 3. The molecular weight excluding hydrogens is 453 g/mol. The van der Waals surface area contributed by atoms with Gasteiger partial charge in [0.1, 0.15) is 11.5 Å². The molecule has 1 aliphatic heterocycles. The van der Waals surface area contributed by atoms with Gasteiger partial charge in [-0.3, -0.25) is 4.79 Å². The lowest BCUT2D eigenvalue weighted by atomic mass is 10.1. The molecule has 1 aliphatic rings. The van der Waals surface area contributed by atoms with Crippen molar-refractivity contribution < 1.29 is 22.7 Å². The number of amides is 1. The van der Waals surface area contributed by atoms with E-state index in [-0.39, 0.29) is 36.2 Å². The van der Waals surface area contributed by atoms with Crippen LogP contribution in [-0.2, 0) is 10.9 Å². The van der Waals surface area contributed by atoms with Crippen LogP contribution in [0.2, 0.25) is 0 Å². The van der Waals surface area contributed by atoms with E-state index < -0.39 is 17.9 Å². The number of pyridine rings is 1. The fraction of sp³-hybridized carbons (Fsp3) is 0.429. The minimum Gasteiger partial charge on any atom is -0.372 e. The number of carbonyl (C=O) groups excluding carboxylic acids is 1. The van der Waals surface area contributed by atoms with Gasteiger partial charge in [-0.15, -0.1) is 4.80 Å². The first-order valence-corrected chi connectivity index (χ1v) is 10.6. The Balaban J connectivity index is 1.58. The second-order valence-corrected chi connectivity index (χ2v) is 7.98. The highest BCUT2D eigenvalue weighted by Crippen LogP contribution is 2.27. The predicted molar refractivity (Wildman–Crippen MR) is 114 cm³/mol. The molecular formula is C21H23F3N8O2. The maximum absolute atomic E-state index is 13.7. The highest BCUT2D eigenvalue weighted by atomic mass is 19.4. The number of hydrogen-bond acceptors (Lipinski definition) is 8. The molecule has 1 saturated heterocycles. The van der Waals surface area contributed by atoms with Crippen LogP contribution >= 0.6 is 0 Å². The molecule has 13 heteroatoms. The van der Waals surface area contributed by atoms with Gasteiger partial charge < -0.3 is 15.0 Å². The molecule has 0 aromatic carbocycles. The minimum atomic E-state index is -4.57. The zero-order valence-corrected chi connectivity index (χ0v) is 18.7. The molecule has 0 saturated carbocycles. The van der Waals surface area contributed by atoms with Crippen molar-refractivity contribution in [1.82, 2.24) is 34.8 Å². The Labute approximate surface area is 193 Å². The Hall–Kier alpha value is -3.61. The maximum Gasteiger partial charge on any atom is 0.434 e. The number of aromatic nitrogens is 6. The molecule has 0 unspecified atom stereocenters. The summed E-state index contributed by atoms with van der Waals surface area (Å²) in [7, 11) is 0. The lowest BCUT2D eigenvalue weighted by Gasteiger charge is -2.42. The van der Waals surface area contributed by atoms with Gasteiger partial charge in [0.2, 0.25) is 0 Å². The number of morpholine rings is 1. The lowest BCUT2D eigenvalue weighted by Crippen LogP contribution is -2.58. The van der Waals surface area contributed by atoms with E-state index in [9.17, 15) is 18.0 Å². The van der Waals surface area contributed by atoms with Gasteiger partial charge in [-0.25, -0.2) is 15.0 Å². The average molecular weight is 476 g/mol. The Morgan fingerprint density at radius 1 is 1.18 bits per heavy atom. The topological polar surface area (TPSA) is 111 Å². The number of rotatable bonds is 5. The second-order valence-electron chi connectivity index (χ2n) is 7.98. The number of ether oxygens (including phenoxy) is 1. The summed E-state index contributed by atoms with van der Waals surface area (Å²) in [5, 5.41) is 11.2. The van der Waals surface area contributed by atoms with Gasteiger partial charge in [0.15, 0.2) is 11.4 Å². The van der Waals surface area contributed by atoms with Gasteiger partial charge in [-0.1, -0.05) is 0 Å². The standard InChI is InChI=1S/C21H23F3N8O2/c1-12-4-5-15(32-28-6-7-29-32)19(30-12)20(33)31-11-13(2)34-14(3)16(31)8-26-18-10-25-17(9-27-18)21(22,23)24/h4-7,9-10,13-14,16H,8,11H2,1-3H3,(H,26,27)/t13-,14+,16-/m1/s1. The van der Waals surface area contributed by atoms with Crippen LogP contribution in [0.4, 0.5) is 19.0 Å². The van der Waals surface area contributed by atoms with Gasteiger partial charge in [-0.05, 0) is 32.9 Å². The summed E-state index contributed by atoms with van der Waals surface area (Å²) >= 11 is 0. The van der Waals surface area contributed by atoms with Gasteiger partial charge >= 0.3 is 6.18 Å². The Morgan fingerprint density at radius 3 is 2.56 bits per heavy atom. The van der Waals surface area contributed by atoms with E-state index in [4.69, 9.17) is 4.74 Å². The number of nitrogens with zero attached hydrogens (tertiary/aromatic N) is 7. The van der Waals surface area contributed by atoms with E-state index in [1.807, 2.05) is 13.8 Å². The summed E-state index contributed by atoms with van der Waals surface area (Å²) in [4.78, 5) is 28.3. The first-order valence-electron chi connectivity index (χ1n) is 10.6. The molecule has 1 fully saturated rings. The Kier molecular flexibility index (Phi) is 6.46. The van der Waals surface area contributed by atoms with E-state index in [1.54, 1.807) is 24.0 Å². The molecule has 1 N–H and O–H groups in total. The van der Waals surface area contributed by atoms with Crippen LogP contribution in [0.25, 0.3) is 5.69 Å². The third kappa shape index (κ3) is 4.98. The van der Waals surface area contributed by atoms with E-state index in [2.05, 4.69) is 30.5 Å². The molecule has 0 bridgehead atoms. The number of hydrogen-bond donors (Lipinski definition) is 1. The molecule has 0 radical (unpaired) electrons. The third-order valence-electron chi connectivity index (χ3n) is 5.39. The van der Waals surface area contributed by atoms with Crippen molar-refractivity contribution in [2.45, 2.75) is 45.2 Å². The fourth-order valence-electron chi connectivity index (χ4n) is 3.79. The molecule has 3 atom stereocenters. The third-order valence-corrected chi connectivity index (χ3v) is 5.39. The lowest BCUT2D eigenvalue weighted by molar-refractivity contribution is -0.141. The molecule has 34 heavy (non-hydrogen) atoms. The number of carbonyl (C=O) groups is 1. The van der Waals surface area contributed by atoms with Crippen LogP contribution in [0.5, 0.6) is 0 Å². The van der Waals surface area contributed by atoms with Crippen molar-refractivity contribution >= 4 is 11.7 Å². The van der Waals surface area contributed by atoms with Crippen LogP contribution in [0, 0.1) is 6.92 Å². The van der Waals surface area contributed by atoms with Crippen molar-refractivity contribution in [1.29, 1.82) is 0 Å². The summed E-state index contributed by atoms with van der Waals surface area (Å²) in [6.07, 6.45) is -0.478. The van der Waals surface area contributed by atoms with Gasteiger partial charge in [-0.2, -0.15) is 23.4 Å². The first-order chi connectivity index (χ1) is 16.1. The molecule has 1 amide bonds. The predicted octanol–water partition coefficient (Wildman–Crippen LogP) is 2.51. The minimum absolute atomic E-state index is 0.154. The van der Waals surface area contributed by atoms with Gasteiger partial charge in [0.25, 0.3) is 5.91 Å². The normalized spacial score (nSPS) is 20.9. The van der Waals surface area contributed by atoms with Crippen molar-refractivity contribution in [3.8, 4) is 5.69 Å². The highest BCUT2D eigenvalue weighted by molar-refractivity contribution is 5.96. The summed E-state index contributed by atoms with van der Waals surface area (Å²) in [5.74, 6) is -0.176. The zero-order valence-electron chi connectivity index (χ0n) is 18.7. The molecule has 10 nitrogen and oxygen atoms in total. The highest BCUT2D eigenvalue weighted by Gasteiger charge is 2.38. The van der Waals surface area contributed by atoms with Gasteiger partial charge in [0, 0.05) is 18.8 Å². The largest absolute Gasteiger partial charge is 0.434 e. The summed E-state index contributed by atoms with van der Waals surface area (Å²) in [5.41, 5.74) is 0.205. The molecule has 4 heterocycles. The van der Waals surface area contributed by atoms with E-state index >= 15 is 0 Å². The molecule has 4 rings (SSSR count). The number of nitrogens with one attached hydrogen (secondary N) is 1. The number of anilines is 1.